The minimum absolute atomic E-state index is 0.0938. The number of nitrogens with zero attached hydrogens (tertiary/aromatic N) is 2. The number of carbonyl (C=O) groups excluding carboxylic acids is 2. The van der Waals surface area contributed by atoms with Gasteiger partial charge in [-0.1, -0.05) is 45.0 Å². The molecule has 0 bridgehead atoms. The Morgan fingerprint density at radius 1 is 1.06 bits per heavy atom. The third-order valence-electron chi connectivity index (χ3n) is 4.77. The Hall–Kier alpha value is -3.85. The molecular formula is C25H26N4O2. The molecule has 6 nitrogen and oxygen atoms in total. The second kappa shape index (κ2) is 9.31. The van der Waals surface area contributed by atoms with Crippen LogP contribution in [0.5, 0.6) is 0 Å². The molecule has 3 aromatic rings. The largest absolute Gasteiger partial charge is 0.346 e. The SMILES string of the molecule is CC(C)(C)C(=O)Nc1cccc(NC(=O)/C=C/c2cn(CCC#N)c3ccccc23)c1. The fourth-order valence-electron chi connectivity index (χ4n) is 3.11. The lowest BCUT2D eigenvalue weighted by Gasteiger charge is -2.18. The number of nitriles is 1. The quantitative estimate of drug-likeness (QED) is 0.544. The van der Waals surface area contributed by atoms with Crippen molar-refractivity contribution in [1.29, 1.82) is 5.26 Å². The van der Waals surface area contributed by atoms with Crippen molar-refractivity contribution in [2.75, 3.05) is 10.6 Å². The van der Waals surface area contributed by atoms with Crippen molar-refractivity contribution in [2.24, 2.45) is 5.41 Å². The first-order valence-corrected chi connectivity index (χ1v) is 10.1. The van der Waals surface area contributed by atoms with Crippen LogP contribution in [0.2, 0.25) is 0 Å². The fourth-order valence-corrected chi connectivity index (χ4v) is 3.11. The molecule has 0 atom stereocenters. The van der Waals surface area contributed by atoms with E-state index in [1.165, 1.54) is 6.08 Å². The van der Waals surface area contributed by atoms with Gasteiger partial charge in [-0.3, -0.25) is 9.59 Å². The molecule has 1 heterocycles. The Morgan fingerprint density at radius 2 is 1.77 bits per heavy atom. The second-order valence-electron chi connectivity index (χ2n) is 8.31. The van der Waals surface area contributed by atoms with E-state index in [0.29, 0.717) is 24.3 Å². The van der Waals surface area contributed by atoms with Gasteiger partial charge in [0.2, 0.25) is 11.8 Å². The van der Waals surface area contributed by atoms with E-state index in [2.05, 4.69) is 16.7 Å². The molecule has 2 amide bonds. The molecule has 0 aliphatic carbocycles. The van der Waals surface area contributed by atoms with Crippen LogP contribution in [0, 0.1) is 16.7 Å². The predicted molar refractivity (Wildman–Crippen MR) is 124 cm³/mol. The Labute approximate surface area is 182 Å². The van der Waals surface area contributed by atoms with Crippen molar-refractivity contribution in [1.82, 2.24) is 4.57 Å². The third-order valence-corrected chi connectivity index (χ3v) is 4.77. The lowest BCUT2D eigenvalue weighted by atomic mass is 9.95. The first kappa shape index (κ1) is 21.8. The molecule has 0 aliphatic heterocycles. The summed E-state index contributed by atoms with van der Waals surface area (Å²) in [4.78, 5) is 24.6. The molecule has 0 saturated carbocycles. The Kier molecular flexibility index (Phi) is 6.56. The number of aromatic nitrogens is 1. The maximum Gasteiger partial charge on any atom is 0.248 e. The van der Waals surface area contributed by atoms with Crippen LogP contribution in [-0.2, 0) is 16.1 Å². The Morgan fingerprint density at radius 3 is 2.48 bits per heavy atom. The lowest BCUT2D eigenvalue weighted by molar-refractivity contribution is -0.123. The highest BCUT2D eigenvalue weighted by Gasteiger charge is 2.21. The number of hydrogen-bond donors (Lipinski definition) is 2. The average Bonchev–Trinajstić information content (AvgIpc) is 3.08. The standard InChI is InChI=1S/C25H26N4O2/c1-25(2,3)24(31)28-20-9-6-8-19(16-20)27-23(30)13-12-18-17-29(15-7-14-26)22-11-5-4-10-21(18)22/h4-6,8-13,16-17H,7,15H2,1-3H3,(H,27,30)(H,28,31)/b13-12+. The number of aryl methyl sites for hydroxylation is 1. The minimum Gasteiger partial charge on any atom is -0.346 e. The number of nitrogens with one attached hydrogen (secondary N) is 2. The number of rotatable bonds is 6. The van der Waals surface area contributed by atoms with Gasteiger partial charge < -0.3 is 15.2 Å². The third kappa shape index (κ3) is 5.61. The summed E-state index contributed by atoms with van der Waals surface area (Å²) in [5, 5.41) is 15.6. The molecule has 0 unspecified atom stereocenters. The number of carbonyl (C=O) groups is 2. The molecule has 158 valence electrons. The van der Waals surface area contributed by atoms with Crippen molar-refractivity contribution >= 4 is 40.2 Å². The molecule has 0 spiro atoms. The smallest absolute Gasteiger partial charge is 0.248 e. The minimum atomic E-state index is -0.506. The number of para-hydroxylation sites is 1. The van der Waals surface area contributed by atoms with E-state index < -0.39 is 5.41 Å². The average molecular weight is 415 g/mol. The van der Waals surface area contributed by atoms with Crippen LogP contribution < -0.4 is 10.6 Å². The Balaban J connectivity index is 1.72. The van der Waals surface area contributed by atoms with Gasteiger partial charge in [0.1, 0.15) is 0 Å². The molecule has 0 fully saturated rings. The normalized spacial score (nSPS) is 11.4. The summed E-state index contributed by atoms with van der Waals surface area (Å²) >= 11 is 0. The molecule has 0 aliphatic rings. The summed E-state index contributed by atoms with van der Waals surface area (Å²) in [5.74, 6) is -0.364. The molecule has 6 heteroatoms. The summed E-state index contributed by atoms with van der Waals surface area (Å²) in [6.07, 6.45) is 5.63. The van der Waals surface area contributed by atoms with Crippen LogP contribution in [0.25, 0.3) is 17.0 Å². The summed E-state index contributed by atoms with van der Waals surface area (Å²) in [7, 11) is 0. The zero-order valence-electron chi connectivity index (χ0n) is 18.0. The predicted octanol–water partition coefficient (Wildman–Crippen LogP) is 5.19. The van der Waals surface area contributed by atoms with E-state index in [-0.39, 0.29) is 11.8 Å². The molecule has 3 rings (SSSR count). The molecule has 2 N–H and O–H groups in total. The first-order chi connectivity index (χ1) is 14.8. The molecule has 0 radical (unpaired) electrons. The second-order valence-corrected chi connectivity index (χ2v) is 8.31. The van der Waals surface area contributed by atoms with E-state index in [0.717, 1.165) is 16.5 Å². The summed E-state index contributed by atoms with van der Waals surface area (Å²) in [5.41, 5.74) is 2.66. The number of anilines is 2. The fraction of sp³-hybridized carbons (Fsp3) is 0.240. The van der Waals surface area contributed by atoms with Crippen molar-refractivity contribution in [3.63, 3.8) is 0 Å². The van der Waals surface area contributed by atoms with E-state index in [1.807, 2.05) is 55.8 Å². The highest BCUT2D eigenvalue weighted by Crippen LogP contribution is 2.23. The van der Waals surface area contributed by atoms with E-state index in [1.54, 1.807) is 30.3 Å². The molecule has 2 aromatic carbocycles. The van der Waals surface area contributed by atoms with E-state index in [4.69, 9.17) is 5.26 Å². The van der Waals surface area contributed by atoms with Gasteiger partial charge in [-0.25, -0.2) is 0 Å². The van der Waals surface area contributed by atoms with Crippen LogP contribution in [0.1, 0.15) is 32.8 Å². The maximum atomic E-state index is 12.5. The van der Waals surface area contributed by atoms with Crippen molar-refractivity contribution in [3.05, 3.63) is 66.4 Å². The summed E-state index contributed by atoms with van der Waals surface area (Å²) in [6.45, 7) is 6.13. The molecule has 0 saturated heterocycles. The van der Waals surface area contributed by atoms with E-state index in [9.17, 15) is 9.59 Å². The van der Waals surface area contributed by atoms with Crippen LogP contribution in [0.15, 0.2) is 60.8 Å². The van der Waals surface area contributed by atoms with Gasteiger partial charge in [-0.15, -0.1) is 0 Å². The number of benzene rings is 2. The summed E-state index contributed by atoms with van der Waals surface area (Å²) in [6, 6.07) is 17.1. The summed E-state index contributed by atoms with van der Waals surface area (Å²) < 4.78 is 2.03. The zero-order valence-corrected chi connectivity index (χ0v) is 18.0. The number of hydrogen-bond acceptors (Lipinski definition) is 3. The Bertz CT molecular complexity index is 1180. The lowest BCUT2D eigenvalue weighted by Crippen LogP contribution is -2.27. The van der Waals surface area contributed by atoms with Gasteiger partial charge >= 0.3 is 0 Å². The van der Waals surface area contributed by atoms with Crippen molar-refractivity contribution in [3.8, 4) is 6.07 Å². The highest BCUT2D eigenvalue weighted by molar-refractivity contribution is 6.04. The van der Waals surface area contributed by atoms with Gasteiger partial charge in [0, 0.05) is 52.1 Å². The van der Waals surface area contributed by atoms with E-state index >= 15 is 0 Å². The first-order valence-electron chi connectivity index (χ1n) is 10.1. The topological polar surface area (TPSA) is 86.9 Å². The monoisotopic (exact) mass is 414 g/mol. The zero-order chi connectivity index (χ0) is 22.4. The van der Waals surface area contributed by atoms with Crippen molar-refractivity contribution in [2.45, 2.75) is 33.7 Å². The van der Waals surface area contributed by atoms with Gasteiger partial charge in [0.25, 0.3) is 0 Å². The maximum absolute atomic E-state index is 12.5. The van der Waals surface area contributed by atoms with Crippen LogP contribution in [-0.4, -0.2) is 16.4 Å². The van der Waals surface area contributed by atoms with Crippen LogP contribution in [0.4, 0.5) is 11.4 Å². The van der Waals surface area contributed by atoms with Crippen LogP contribution >= 0.6 is 0 Å². The number of fused-ring (bicyclic) bond motifs is 1. The van der Waals surface area contributed by atoms with Crippen LogP contribution in [0.3, 0.4) is 0 Å². The van der Waals surface area contributed by atoms with Gasteiger partial charge in [0.05, 0.1) is 12.5 Å². The molecule has 31 heavy (non-hydrogen) atoms. The highest BCUT2D eigenvalue weighted by atomic mass is 16.2. The molecule has 1 aromatic heterocycles. The van der Waals surface area contributed by atoms with Gasteiger partial charge in [-0.05, 0) is 30.3 Å². The van der Waals surface area contributed by atoms with Gasteiger partial charge in [-0.2, -0.15) is 5.26 Å². The molecular weight excluding hydrogens is 388 g/mol. The van der Waals surface area contributed by atoms with Crippen molar-refractivity contribution < 1.29 is 9.59 Å². The van der Waals surface area contributed by atoms with Gasteiger partial charge in [0.15, 0.2) is 0 Å². The number of amides is 2.